The molecular formula is C22H27ClN2O2. The summed E-state index contributed by atoms with van der Waals surface area (Å²) in [6.45, 7) is 4.80. The highest BCUT2D eigenvalue weighted by molar-refractivity contribution is 6.32. The van der Waals surface area contributed by atoms with Crippen molar-refractivity contribution >= 4 is 17.5 Å². The summed E-state index contributed by atoms with van der Waals surface area (Å²) in [5.41, 5.74) is 2.37. The SMILES string of the molecule is Cc1cccc(CN(CC2CCCN2)C(=O)CCOc2ccccc2Cl)c1. The van der Waals surface area contributed by atoms with Crippen LogP contribution in [0.5, 0.6) is 5.75 Å². The normalized spacial score (nSPS) is 16.3. The number of benzene rings is 2. The molecule has 5 heteroatoms. The van der Waals surface area contributed by atoms with E-state index in [4.69, 9.17) is 16.3 Å². The second-order valence-corrected chi connectivity index (χ2v) is 7.49. The Balaban J connectivity index is 1.60. The molecule has 1 N–H and O–H groups in total. The Bertz CT molecular complexity index is 759. The molecule has 1 saturated heterocycles. The third kappa shape index (κ3) is 5.98. The quantitative estimate of drug-likeness (QED) is 0.739. The first-order valence-electron chi connectivity index (χ1n) is 9.56. The van der Waals surface area contributed by atoms with Crippen molar-refractivity contribution in [2.24, 2.45) is 0 Å². The third-order valence-corrected chi connectivity index (χ3v) is 5.13. The number of carbonyl (C=O) groups is 1. The Morgan fingerprint density at radius 1 is 1.26 bits per heavy atom. The van der Waals surface area contributed by atoms with E-state index < -0.39 is 0 Å². The molecule has 27 heavy (non-hydrogen) atoms. The largest absolute Gasteiger partial charge is 0.491 e. The van der Waals surface area contributed by atoms with E-state index in [0.29, 0.717) is 36.4 Å². The molecular weight excluding hydrogens is 360 g/mol. The molecule has 1 aliphatic heterocycles. The Hall–Kier alpha value is -2.04. The maximum absolute atomic E-state index is 12.9. The molecule has 144 valence electrons. The third-order valence-electron chi connectivity index (χ3n) is 4.82. The highest BCUT2D eigenvalue weighted by Gasteiger charge is 2.21. The lowest BCUT2D eigenvalue weighted by molar-refractivity contribution is -0.132. The lowest BCUT2D eigenvalue weighted by Crippen LogP contribution is -2.41. The highest BCUT2D eigenvalue weighted by Crippen LogP contribution is 2.23. The summed E-state index contributed by atoms with van der Waals surface area (Å²) in [4.78, 5) is 14.8. The van der Waals surface area contributed by atoms with Crippen LogP contribution < -0.4 is 10.1 Å². The van der Waals surface area contributed by atoms with Crippen LogP contribution in [-0.4, -0.2) is 36.5 Å². The van der Waals surface area contributed by atoms with Crippen molar-refractivity contribution in [3.05, 3.63) is 64.7 Å². The number of nitrogens with zero attached hydrogens (tertiary/aromatic N) is 1. The lowest BCUT2D eigenvalue weighted by atomic mass is 10.1. The van der Waals surface area contributed by atoms with Crippen molar-refractivity contribution in [2.75, 3.05) is 19.7 Å². The van der Waals surface area contributed by atoms with Gasteiger partial charge in [-0.1, -0.05) is 53.6 Å². The van der Waals surface area contributed by atoms with Gasteiger partial charge in [-0.25, -0.2) is 0 Å². The average molecular weight is 387 g/mol. The number of amides is 1. The Labute approximate surface area is 166 Å². The molecule has 0 aromatic heterocycles. The van der Waals surface area contributed by atoms with E-state index in [0.717, 1.165) is 25.1 Å². The van der Waals surface area contributed by atoms with Gasteiger partial charge >= 0.3 is 0 Å². The fourth-order valence-corrected chi connectivity index (χ4v) is 3.62. The van der Waals surface area contributed by atoms with Gasteiger partial charge in [0.15, 0.2) is 0 Å². The van der Waals surface area contributed by atoms with Crippen molar-refractivity contribution in [3.8, 4) is 5.75 Å². The molecule has 1 amide bonds. The standard InChI is InChI=1S/C22H27ClN2O2/c1-17-6-4-7-18(14-17)15-25(16-19-8-5-12-24-19)22(26)11-13-27-21-10-3-2-9-20(21)23/h2-4,6-7,9-10,14,19,24H,5,8,11-13,15-16H2,1H3. The van der Waals surface area contributed by atoms with Crippen molar-refractivity contribution in [1.29, 1.82) is 0 Å². The van der Waals surface area contributed by atoms with E-state index in [2.05, 4.69) is 30.4 Å². The number of hydrogen-bond acceptors (Lipinski definition) is 3. The minimum Gasteiger partial charge on any atom is -0.491 e. The van der Waals surface area contributed by atoms with E-state index in [-0.39, 0.29) is 5.91 Å². The number of rotatable bonds is 8. The molecule has 1 heterocycles. The van der Waals surface area contributed by atoms with Gasteiger partial charge in [0.2, 0.25) is 5.91 Å². The summed E-state index contributed by atoms with van der Waals surface area (Å²) in [5, 5.41) is 4.05. The van der Waals surface area contributed by atoms with Gasteiger partial charge in [-0.2, -0.15) is 0 Å². The van der Waals surface area contributed by atoms with Gasteiger partial charge in [-0.15, -0.1) is 0 Å². The van der Waals surface area contributed by atoms with Crippen LogP contribution in [0.4, 0.5) is 0 Å². The van der Waals surface area contributed by atoms with Gasteiger partial charge < -0.3 is 15.0 Å². The van der Waals surface area contributed by atoms with E-state index in [1.54, 1.807) is 6.07 Å². The number of carbonyl (C=O) groups excluding carboxylic acids is 1. The highest BCUT2D eigenvalue weighted by atomic mass is 35.5. The zero-order valence-corrected chi connectivity index (χ0v) is 16.5. The predicted octanol–water partition coefficient (Wildman–Crippen LogP) is 4.20. The van der Waals surface area contributed by atoms with Gasteiger partial charge in [0.25, 0.3) is 0 Å². The van der Waals surface area contributed by atoms with Gasteiger partial charge in [0.1, 0.15) is 5.75 Å². The van der Waals surface area contributed by atoms with Crippen LogP contribution in [0, 0.1) is 6.92 Å². The first kappa shape index (κ1) is 19.7. The van der Waals surface area contributed by atoms with Crippen molar-refractivity contribution in [2.45, 2.75) is 38.8 Å². The van der Waals surface area contributed by atoms with Gasteiger partial charge in [-0.3, -0.25) is 4.79 Å². The average Bonchev–Trinajstić information content (AvgIpc) is 3.16. The van der Waals surface area contributed by atoms with Crippen molar-refractivity contribution in [3.63, 3.8) is 0 Å². The number of halogens is 1. The number of nitrogens with one attached hydrogen (secondary N) is 1. The first-order chi connectivity index (χ1) is 13.1. The molecule has 0 spiro atoms. The van der Waals surface area contributed by atoms with Gasteiger partial charge in [0, 0.05) is 19.1 Å². The predicted molar refractivity (Wildman–Crippen MR) is 109 cm³/mol. The van der Waals surface area contributed by atoms with Crippen LogP contribution in [0.1, 0.15) is 30.4 Å². The first-order valence-corrected chi connectivity index (χ1v) is 9.93. The minimum atomic E-state index is 0.109. The maximum atomic E-state index is 12.9. The molecule has 1 aliphatic rings. The molecule has 0 radical (unpaired) electrons. The summed E-state index contributed by atoms with van der Waals surface area (Å²) in [5.74, 6) is 0.729. The molecule has 0 aliphatic carbocycles. The zero-order valence-electron chi connectivity index (χ0n) is 15.8. The van der Waals surface area contributed by atoms with E-state index >= 15 is 0 Å². The maximum Gasteiger partial charge on any atom is 0.226 e. The van der Waals surface area contributed by atoms with Crippen molar-refractivity contribution < 1.29 is 9.53 Å². The number of hydrogen-bond donors (Lipinski definition) is 1. The summed E-state index contributed by atoms with van der Waals surface area (Å²) in [7, 11) is 0. The van der Waals surface area contributed by atoms with E-state index in [1.807, 2.05) is 29.2 Å². The van der Waals surface area contributed by atoms with Crippen LogP contribution in [0.15, 0.2) is 48.5 Å². The Kier molecular flexibility index (Phi) is 7.13. The molecule has 4 nitrogen and oxygen atoms in total. The molecule has 1 atom stereocenters. The van der Waals surface area contributed by atoms with Crippen LogP contribution in [0.2, 0.25) is 5.02 Å². The number of para-hydroxylation sites is 1. The number of ether oxygens (including phenoxy) is 1. The smallest absolute Gasteiger partial charge is 0.226 e. The van der Waals surface area contributed by atoms with Crippen molar-refractivity contribution in [1.82, 2.24) is 10.2 Å². The van der Waals surface area contributed by atoms with E-state index in [1.165, 1.54) is 12.0 Å². The molecule has 1 unspecified atom stereocenters. The second-order valence-electron chi connectivity index (χ2n) is 7.09. The molecule has 0 saturated carbocycles. The molecule has 2 aromatic rings. The summed E-state index contributed by atoms with van der Waals surface area (Å²) < 4.78 is 5.70. The van der Waals surface area contributed by atoms with E-state index in [9.17, 15) is 4.79 Å². The zero-order chi connectivity index (χ0) is 19.1. The van der Waals surface area contributed by atoms with Gasteiger partial charge in [-0.05, 0) is 44.0 Å². The fourth-order valence-electron chi connectivity index (χ4n) is 3.43. The fraction of sp³-hybridized carbons (Fsp3) is 0.409. The molecule has 1 fully saturated rings. The van der Waals surface area contributed by atoms with Gasteiger partial charge in [0.05, 0.1) is 18.1 Å². The topological polar surface area (TPSA) is 41.6 Å². The molecule has 3 rings (SSSR count). The molecule has 2 aromatic carbocycles. The molecule has 0 bridgehead atoms. The lowest BCUT2D eigenvalue weighted by Gasteiger charge is -2.26. The monoisotopic (exact) mass is 386 g/mol. The summed E-state index contributed by atoms with van der Waals surface area (Å²) in [6, 6.07) is 16.1. The van der Waals surface area contributed by atoms with Crippen LogP contribution in [-0.2, 0) is 11.3 Å². The summed E-state index contributed by atoms with van der Waals surface area (Å²) in [6.07, 6.45) is 2.63. The van der Waals surface area contributed by atoms with Crippen LogP contribution >= 0.6 is 11.6 Å². The Morgan fingerprint density at radius 2 is 2.11 bits per heavy atom. The van der Waals surface area contributed by atoms with Crippen LogP contribution in [0.25, 0.3) is 0 Å². The summed E-state index contributed by atoms with van der Waals surface area (Å²) >= 11 is 6.11. The second kappa shape index (κ2) is 9.77. The van der Waals surface area contributed by atoms with Crippen LogP contribution in [0.3, 0.4) is 0 Å². The Morgan fingerprint density at radius 3 is 2.85 bits per heavy atom. The number of aryl methyl sites for hydroxylation is 1. The minimum absolute atomic E-state index is 0.109.